The number of amides is 3. The highest BCUT2D eigenvalue weighted by Gasteiger charge is 2.29. The van der Waals surface area contributed by atoms with Crippen molar-refractivity contribution in [2.24, 2.45) is 5.92 Å². The Morgan fingerprint density at radius 3 is 2.23 bits per heavy atom. The first kappa shape index (κ1) is 32.7. The number of halogens is 2. The number of nitrogens with one attached hydrogen (secondary N) is 2. The normalized spacial score (nSPS) is 13.6. The van der Waals surface area contributed by atoms with Gasteiger partial charge in [0.15, 0.2) is 5.75 Å². The van der Waals surface area contributed by atoms with Gasteiger partial charge in [-0.2, -0.15) is 8.42 Å². The molecule has 234 valence electrons. The minimum Gasteiger partial charge on any atom is -0.497 e. The Bertz CT molecular complexity index is 1600. The van der Waals surface area contributed by atoms with Crippen LogP contribution < -0.4 is 24.7 Å². The summed E-state index contributed by atoms with van der Waals surface area (Å²) in [6.07, 6.45) is 0.329. The van der Waals surface area contributed by atoms with Crippen LogP contribution in [0.15, 0.2) is 71.6 Å². The number of hydrogen-bond donors (Lipinski definition) is 3. The van der Waals surface area contributed by atoms with Crippen molar-refractivity contribution in [1.82, 2.24) is 15.5 Å². The second-order valence-corrected chi connectivity index (χ2v) is 12.4. The number of carbonyl (C=O) groups excluding carboxylic acids is 2. The second-order valence-electron chi connectivity index (χ2n) is 9.82. The summed E-state index contributed by atoms with van der Waals surface area (Å²) in [6.45, 7) is 0.921. The zero-order valence-electron chi connectivity index (χ0n) is 23.5. The number of ether oxygens (including phenoxy) is 1. The van der Waals surface area contributed by atoms with Gasteiger partial charge in [0.1, 0.15) is 5.75 Å². The van der Waals surface area contributed by atoms with Crippen LogP contribution in [0.25, 0.3) is 0 Å². The molecular formula is C29H30Cl2N4O8S. The Balaban J connectivity index is 1.40. The summed E-state index contributed by atoms with van der Waals surface area (Å²) in [5, 5.41) is 14.7. The molecule has 0 aliphatic carbocycles. The van der Waals surface area contributed by atoms with Crippen LogP contribution >= 0.6 is 23.2 Å². The summed E-state index contributed by atoms with van der Waals surface area (Å²) in [4.78, 5) is 42.9. The fourth-order valence-corrected chi connectivity index (χ4v) is 6.06. The molecule has 0 spiro atoms. The Hall–Kier alpha value is -4.20. The highest BCUT2D eigenvalue weighted by atomic mass is 35.5. The fourth-order valence-electron chi connectivity index (χ4n) is 4.37. The van der Waals surface area contributed by atoms with Crippen LogP contribution in [0.5, 0.6) is 11.5 Å². The Kier molecular flexibility index (Phi) is 10.8. The number of anilines is 1. The van der Waals surface area contributed by atoms with Crippen LogP contribution in [-0.4, -0.2) is 69.6 Å². The number of carboxylic acid groups (broad SMARTS) is 1. The van der Waals surface area contributed by atoms with E-state index in [1.807, 2.05) is 0 Å². The molecule has 1 aliphatic heterocycles. The van der Waals surface area contributed by atoms with Crippen LogP contribution in [0.4, 0.5) is 10.5 Å². The average Bonchev–Trinajstić information content (AvgIpc) is 3.02. The Morgan fingerprint density at radius 2 is 1.64 bits per heavy atom. The summed E-state index contributed by atoms with van der Waals surface area (Å²) in [5.74, 6) is -0.283. The molecule has 0 unspecified atom stereocenters. The molecule has 3 aromatic carbocycles. The lowest BCUT2D eigenvalue weighted by Gasteiger charge is -2.29. The summed E-state index contributed by atoms with van der Waals surface area (Å²) in [6, 6.07) is 15.6. The quantitative estimate of drug-likeness (QED) is 0.254. The molecule has 0 radical (unpaired) electrons. The SMILES string of the molecule is COc1ccc(N(Oc2ccc(Cl)cc2Cl)S(=O)(=O)c2ccc(C(=O)NCC(=O)NCC3CCN(C(=O)O)CC3)cc2)cc1. The molecule has 15 heteroatoms. The van der Waals surface area contributed by atoms with Crippen molar-refractivity contribution in [2.75, 3.05) is 37.8 Å². The molecular weight excluding hydrogens is 635 g/mol. The van der Waals surface area contributed by atoms with Crippen LogP contribution in [0.3, 0.4) is 0 Å². The van der Waals surface area contributed by atoms with Crippen molar-refractivity contribution >= 4 is 56.8 Å². The number of nitrogens with zero attached hydrogens (tertiary/aromatic N) is 2. The monoisotopic (exact) mass is 664 g/mol. The van der Waals surface area contributed by atoms with Crippen molar-refractivity contribution < 1.29 is 37.5 Å². The molecule has 1 heterocycles. The Morgan fingerprint density at radius 1 is 0.977 bits per heavy atom. The number of likely N-dealkylation sites (tertiary alicyclic amines) is 1. The summed E-state index contributed by atoms with van der Waals surface area (Å²) >= 11 is 12.2. The number of benzene rings is 3. The van der Waals surface area contributed by atoms with Gasteiger partial charge >= 0.3 is 6.09 Å². The zero-order chi connectivity index (χ0) is 31.9. The van der Waals surface area contributed by atoms with E-state index < -0.39 is 27.9 Å². The first-order valence-electron chi connectivity index (χ1n) is 13.4. The molecule has 1 fully saturated rings. The average molecular weight is 666 g/mol. The van der Waals surface area contributed by atoms with E-state index in [4.69, 9.17) is 37.9 Å². The van der Waals surface area contributed by atoms with Gasteiger partial charge in [-0.3, -0.25) is 9.59 Å². The first-order chi connectivity index (χ1) is 21.0. The maximum Gasteiger partial charge on any atom is 0.407 e. The number of hydrogen-bond acceptors (Lipinski definition) is 7. The smallest absolute Gasteiger partial charge is 0.407 e. The molecule has 0 aromatic heterocycles. The van der Waals surface area contributed by atoms with E-state index in [2.05, 4.69) is 10.6 Å². The maximum absolute atomic E-state index is 13.7. The molecule has 44 heavy (non-hydrogen) atoms. The van der Waals surface area contributed by atoms with Crippen molar-refractivity contribution in [2.45, 2.75) is 17.7 Å². The highest BCUT2D eigenvalue weighted by Crippen LogP contribution is 2.33. The topological polar surface area (TPSA) is 155 Å². The minimum atomic E-state index is -4.35. The zero-order valence-corrected chi connectivity index (χ0v) is 25.9. The molecule has 1 saturated heterocycles. The lowest BCUT2D eigenvalue weighted by molar-refractivity contribution is -0.120. The molecule has 0 bridgehead atoms. The molecule has 12 nitrogen and oxygen atoms in total. The van der Waals surface area contributed by atoms with E-state index in [-0.39, 0.29) is 39.4 Å². The highest BCUT2D eigenvalue weighted by molar-refractivity contribution is 7.92. The lowest BCUT2D eigenvalue weighted by atomic mass is 9.97. The fraction of sp³-hybridized carbons (Fsp3) is 0.276. The van der Waals surface area contributed by atoms with Crippen LogP contribution in [0.2, 0.25) is 10.0 Å². The first-order valence-corrected chi connectivity index (χ1v) is 15.6. The summed E-state index contributed by atoms with van der Waals surface area (Å²) < 4.78 is 33.3. The van der Waals surface area contributed by atoms with Crippen molar-refractivity contribution in [3.8, 4) is 11.5 Å². The van der Waals surface area contributed by atoms with Crippen molar-refractivity contribution in [3.63, 3.8) is 0 Å². The van der Waals surface area contributed by atoms with E-state index in [0.29, 0.717) is 47.7 Å². The molecule has 1 aliphatic rings. The molecule has 3 N–H and O–H groups in total. The third-order valence-electron chi connectivity index (χ3n) is 6.87. The minimum absolute atomic E-state index is 0.0375. The largest absolute Gasteiger partial charge is 0.497 e. The van der Waals surface area contributed by atoms with Gasteiger partial charge in [0.2, 0.25) is 5.91 Å². The van der Waals surface area contributed by atoms with E-state index in [0.717, 1.165) is 0 Å². The van der Waals surface area contributed by atoms with Gasteiger partial charge < -0.3 is 30.2 Å². The van der Waals surface area contributed by atoms with Gasteiger partial charge in [-0.25, -0.2) is 4.79 Å². The van der Waals surface area contributed by atoms with E-state index in [9.17, 15) is 22.8 Å². The van der Waals surface area contributed by atoms with Gasteiger partial charge in [-0.1, -0.05) is 27.7 Å². The van der Waals surface area contributed by atoms with E-state index >= 15 is 0 Å². The van der Waals surface area contributed by atoms with Gasteiger partial charge in [0.05, 0.1) is 29.3 Å². The second kappa shape index (κ2) is 14.5. The number of methoxy groups -OCH3 is 1. The predicted molar refractivity (Wildman–Crippen MR) is 164 cm³/mol. The predicted octanol–water partition coefficient (Wildman–Crippen LogP) is 4.43. The van der Waals surface area contributed by atoms with Gasteiger partial charge in [-0.15, -0.1) is 0 Å². The van der Waals surface area contributed by atoms with Gasteiger partial charge in [-0.05, 0) is 85.5 Å². The third-order valence-corrected chi connectivity index (χ3v) is 8.99. The Labute approximate surface area is 264 Å². The van der Waals surface area contributed by atoms with Crippen LogP contribution in [0, 0.1) is 5.92 Å². The number of carbonyl (C=O) groups is 3. The molecule has 0 atom stereocenters. The molecule has 3 aromatic rings. The number of piperidine rings is 1. The maximum atomic E-state index is 13.7. The third kappa shape index (κ3) is 8.24. The lowest BCUT2D eigenvalue weighted by Crippen LogP contribution is -2.43. The van der Waals surface area contributed by atoms with Crippen molar-refractivity contribution in [3.05, 3.63) is 82.3 Å². The van der Waals surface area contributed by atoms with Crippen molar-refractivity contribution in [1.29, 1.82) is 0 Å². The van der Waals surface area contributed by atoms with Gasteiger partial charge in [0.25, 0.3) is 15.9 Å². The van der Waals surface area contributed by atoms with Crippen LogP contribution in [0.1, 0.15) is 23.2 Å². The molecule has 0 saturated carbocycles. The molecule has 3 amide bonds. The van der Waals surface area contributed by atoms with E-state index in [1.165, 1.54) is 66.6 Å². The summed E-state index contributed by atoms with van der Waals surface area (Å²) in [7, 11) is -2.87. The van der Waals surface area contributed by atoms with Crippen LogP contribution in [-0.2, 0) is 14.8 Å². The number of rotatable bonds is 11. The number of sulfonamides is 1. The van der Waals surface area contributed by atoms with Gasteiger partial charge in [0, 0.05) is 30.2 Å². The standard InChI is InChI=1S/C29H30Cl2N4O8S/c1-42-23-7-5-22(6-8-23)35(43-26-11-4-21(30)16-25(26)31)44(40,41)24-9-2-20(3-10-24)28(37)33-18-27(36)32-17-19-12-14-34(15-13-19)29(38)39/h2-11,16,19H,12-15,17-18H2,1H3,(H,32,36)(H,33,37)(H,38,39). The molecule has 4 rings (SSSR count). The summed E-state index contributed by atoms with van der Waals surface area (Å²) in [5.41, 5.74) is 0.285. The van der Waals surface area contributed by atoms with E-state index in [1.54, 1.807) is 12.1 Å².